The van der Waals surface area contributed by atoms with Crippen molar-refractivity contribution in [1.29, 1.82) is 0 Å². The Bertz CT molecular complexity index is 494. The van der Waals surface area contributed by atoms with Crippen molar-refractivity contribution in [3.63, 3.8) is 0 Å². The molecule has 0 amide bonds. The molecule has 0 aliphatic heterocycles. The summed E-state index contributed by atoms with van der Waals surface area (Å²) >= 11 is 0. The Balaban J connectivity index is 0.00000162. The van der Waals surface area contributed by atoms with E-state index >= 15 is 0 Å². The van der Waals surface area contributed by atoms with Crippen LogP contribution in [0.25, 0.3) is 0 Å². The molecule has 2 rings (SSSR count). The highest BCUT2D eigenvalue weighted by Crippen LogP contribution is 2.25. The first-order valence-corrected chi connectivity index (χ1v) is 5.12. The van der Waals surface area contributed by atoms with E-state index in [9.17, 15) is 4.39 Å². The van der Waals surface area contributed by atoms with E-state index in [1.54, 1.807) is 24.3 Å². The molecule has 0 aromatic heterocycles. The molecule has 0 aliphatic carbocycles. The van der Waals surface area contributed by atoms with Crippen LogP contribution < -0.4 is 10.6 Å². The van der Waals surface area contributed by atoms with Gasteiger partial charge < -0.3 is 4.74 Å². The summed E-state index contributed by atoms with van der Waals surface area (Å²) in [6, 6.07) is 13.5. The van der Waals surface area contributed by atoms with Gasteiger partial charge in [-0.3, -0.25) is 4.84 Å². The molecule has 3 nitrogen and oxygen atoms in total. The van der Waals surface area contributed by atoms with Crippen LogP contribution >= 0.6 is 12.4 Å². The van der Waals surface area contributed by atoms with Crippen LogP contribution in [-0.4, -0.2) is 0 Å². The second-order valence-electron chi connectivity index (χ2n) is 3.49. The fourth-order valence-electron chi connectivity index (χ4n) is 1.43. The Morgan fingerprint density at radius 2 is 1.78 bits per heavy atom. The lowest BCUT2D eigenvalue weighted by molar-refractivity contribution is 0.124. The van der Waals surface area contributed by atoms with Gasteiger partial charge in [0.1, 0.15) is 5.75 Å². The maximum absolute atomic E-state index is 13.5. The molecule has 5 heteroatoms. The average molecular weight is 270 g/mol. The summed E-state index contributed by atoms with van der Waals surface area (Å²) in [5.41, 5.74) is 0.750. The fourth-order valence-corrected chi connectivity index (χ4v) is 1.43. The number of hydrogen-bond acceptors (Lipinski definition) is 3. The zero-order valence-corrected chi connectivity index (χ0v) is 10.3. The van der Waals surface area contributed by atoms with Crippen LogP contribution in [0.3, 0.4) is 0 Å². The topological polar surface area (TPSA) is 44.5 Å². The predicted octanol–water partition coefficient (Wildman–Crippen LogP) is 3.43. The number of nitrogens with two attached hydrogens (primary N) is 1. The molecule has 0 aliphatic rings. The van der Waals surface area contributed by atoms with Gasteiger partial charge in [0, 0.05) is 0 Å². The van der Waals surface area contributed by atoms with E-state index in [2.05, 4.69) is 4.84 Å². The van der Waals surface area contributed by atoms with Crippen molar-refractivity contribution >= 4 is 12.4 Å². The predicted molar refractivity (Wildman–Crippen MR) is 69.1 cm³/mol. The summed E-state index contributed by atoms with van der Waals surface area (Å²) in [7, 11) is 0. The van der Waals surface area contributed by atoms with Crippen LogP contribution in [0.1, 0.15) is 5.56 Å². The summed E-state index contributed by atoms with van der Waals surface area (Å²) in [5, 5.41) is 0. The zero-order chi connectivity index (χ0) is 12.1. The quantitative estimate of drug-likeness (QED) is 0.865. The van der Waals surface area contributed by atoms with Crippen LogP contribution in [0.15, 0.2) is 48.5 Å². The number of benzene rings is 2. The first-order valence-electron chi connectivity index (χ1n) is 5.12. The van der Waals surface area contributed by atoms with Gasteiger partial charge in [-0.25, -0.2) is 10.3 Å². The van der Waals surface area contributed by atoms with Gasteiger partial charge in [-0.2, -0.15) is 0 Å². The molecule has 18 heavy (non-hydrogen) atoms. The molecule has 0 saturated carbocycles. The number of rotatable bonds is 4. The highest BCUT2D eigenvalue weighted by molar-refractivity contribution is 5.85. The minimum absolute atomic E-state index is 0. The van der Waals surface area contributed by atoms with E-state index in [0.717, 1.165) is 5.56 Å². The van der Waals surface area contributed by atoms with Crippen LogP contribution in [-0.2, 0) is 11.4 Å². The van der Waals surface area contributed by atoms with Crippen LogP contribution in [0.2, 0.25) is 0 Å². The van der Waals surface area contributed by atoms with E-state index in [1.807, 2.05) is 18.2 Å². The van der Waals surface area contributed by atoms with Gasteiger partial charge in [0.2, 0.25) is 0 Å². The first-order chi connectivity index (χ1) is 8.29. The highest BCUT2D eigenvalue weighted by atomic mass is 35.5. The summed E-state index contributed by atoms with van der Waals surface area (Å²) in [5.74, 6) is 5.28. The van der Waals surface area contributed by atoms with E-state index < -0.39 is 5.82 Å². The van der Waals surface area contributed by atoms with Gasteiger partial charge in [0.15, 0.2) is 11.6 Å². The summed E-state index contributed by atoms with van der Waals surface area (Å²) in [6.45, 7) is 0.214. The van der Waals surface area contributed by atoms with Crippen LogP contribution in [0.4, 0.5) is 4.39 Å². The van der Waals surface area contributed by atoms with Crippen molar-refractivity contribution in [2.45, 2.75) is 6.61 Å². The monoisotopic (exact) mass is 269 g/mol. The lowest BCUT2D eigenvalue weighted by atomic mass is 10.2. The Morgan fingerprint density at radius 1 is 1.06 bits per heavy atom. The van der Waals surface area contributed by atoms with Crippen molar-refractivity contribution in [3.05, 3.63) is 59.9 Å². The van der Waals surface area contributed by atoms with Crippen LogP contribution in [0.5, 0.6) is 11.5 Å². The van der Waals surface area contributed by atoms with E-state index in [-0.39, 0.29) is 24.8 Å². The SMILES string of the molecule is Cl.NOCc1ccc(F)c(Oc2ccccc2)c1. The summed E-state index contributed by atoms with van der Waals surface area (Å²) in [4.78, 5) is 4.49. The lowest BCUT2D eigenvalue weighted by Crippen LogP contribution is -1.99. The second-order valence-corrected chi connectivity index (χ2v) is 3.49. The van der Waals surface area contributed by atoms with E-state index in [4.69, 9.17) is 10.6 Å². The van der Waals surface area contributed by atoms with Crippen molar-refractivity contribution in [3.8, 4) is 11.5 Å². The maximum atomic E-state index is 13.5. The van der Waals surface area contributed by atoms with Gasteiger partial charge in [0.25, 0.3) is 0 Å². The average Bonchev–Trinajstić information content (AvgIpc) is 2.35. The number of halogens is 2. The molecule has 2 N–H and O–H groups in total. The number of hydrogen-bond donors (Lipinski definition) is 1. The van der Waals surface area contributed by atoms with Gasteiger partial charge in [0.05, 0.1) is 6.61 Å². The molecule has 0 heterocycles. The maximum Gasteiger partial charge on any atom is 0.165 e. The second kappa shape index (κ2) is 6.96. The fraction of sp³-hybridized carbons (Fsp3) is 0.0769. The molecule has 2 aromatic carbocycles. The molecule has 2 aromatic rings. The molecular weight excluding hydrogens is 257 g/mol. The lowest BCUT2D eigenvalue weighted by Gasteiger charge is -2.08. The normalized spacial score (nSPS) is 9.67. The molecule has 96 valence electrons. The van der Waals surface area contributed by atoms with Crippen molar-refractivity contribution < 1.29 is 14.0 Å². The van der Waals surface area contributed by atoms with Crippen molar-refractivity contribution in [2.24, 2.45) is 5.90 Å². The minimum atomic E-state index is -0.422. The van der Waals surface area contributed by atoms with E-state index in [1.165, 1.54) is 6.07 Å². The number of para-hydroxylation sites is 1. The largest absolute Gasteiger partial charge is 0.454 e. The smallest absolute Gasteiger partial charge is 0.165 e. The Hall–Kier alpha value is -1.62. The molecule has 0 bridgehead atoms. The Labute approximate surface area is 111 Å². The molecule has 0 spiro atoms. The van der Waals surface area contributed by atoms with Gasteiger partial charge in [-0.1, -0.05) is 24.3 Å². The molecule has 0 atom stereocenters. The van der Waals surface area contributed by atoms with Gasteiger partial charge in [-0.15, -0.1) is 12.4 Å². The summed E-state index contributed by atoms with van der Waals surface area (Å²) in [6.07, 6.45) is 0. The Morgan fingerprint density at radius 3 is 2.44 bits per heavy atom. The highest BCUT2D eigenvalue weighted by Gasteiger charge is 2.06. The minimum Gasteiger partial charge on any atom is -0.454 e. The van der Waals surface area contributed by atoms with E-state index in [0.29, 0.717) is 5.75 Å². The van der Waals surface area contributed by atoms with Crippen LogP contribution in [0, 0.1) is 5.82 Å². The van der Waals surface area contributed by atoms with Crippen molar-refractivity contribution in [2.75, 3.05) is 0 Å². The van der Waals surface area contributed by atoms with Gasteiger partial charge >= 0.3 is 0 Å². The summed E-state index contributed by atoms with van der Waals surface area (Å²) < 4.78 is 18.9. The third-order valence-electron chi connectivity index (χ3n) is 2.22. The molecular formula is C13H13ClFNO2. The third kappa shape index (κ3) is 3.70. The molecule has 0 saturated heterocycles. The first kappa shape index (κ1) is 14.4. The Kier molecular flexibility index (Phi) is 5.58. The van der Waals surface area contributed by atoms with Crippen molar-refractivity contribution in [1.82, 2.24) is 0 Å². The zero-order valence-electron chi connectivity index (χ0n) is 9.51. The number of ether oxygens (including phenoxy) is 1. The standard InChI is InChI=1S/C13H12FNO2.ClH/c14-12-7-6-10(9-16-15)8-13(12)17-11-4-2-1-3-5-11;/h1-8H,9,15H2;1H. The third-order valence-corrected chi connectivity index (χ3v) is 2.22. The molecule has 0 radical (unpaired) electrons. The van der Waals surface area contributed by atoms with Gasteiger partial charge in [-0.05, 0) is 29.8 Å². The molecule has 0 fully saturated rings. The molecule has 0 unspecified atom stereocenters.